The monoisotopic (exact) mass is 235 g/mol. The molecule has 0 aliphatic carbocycles. The minimum absolute atomic E-state index is 0.0630. The van der Waals surface area contributed by atoms with Crippen molar-refractivity contribution in [1.82, 2.24) is 5.32 Å². The molecule has 0 saturated heterocycles. The minimum Gasteiger partial charge on any atom is -0.496 e. The van der Waals surface area contributed by atoms with Crippen molar-refractivity contribution in [3.8, 4) is 11.5 Å². The smallest absolute Gasteiger partial charge is 0.252 e. The maximum absolute atomic E-state index is 11.7. The zero-order valence-electron chi connectivity index (χ0n) is 10.6. The fourth-order valence-corrected chi connectivity index (χ4v) is 2.08. The van der Waals surface area contributed by atoms with Gasteiger partial charge in [0.1, 0.15) is 11.5 Å². The SMILES string of the molecule is COc1c(C)c(OC(C)C)cc2c1CNC2=O. The highest BCUT2D eigenvalue weighted by Crippen LogP contribution is 2.36. The topological polar surface area (TPSA) is 47.6 Å². The summed E-state index contributed by atoms with van der Waals surface area (Å²) in [6.45, 7) is 6.39. The van der Waals surface area contributed by atoms with Crippen LogP contribution in [0.3, 0.4) is 0 Å². The lowest BCUT2D eigenvalue weighted by atomic mass is 10.0. The third-order valence-corrected chi connectivity index (χ3v) is 2.82. The molecule has 1 aliphatic heterocycles. The molecule has 1 amide bonds. The molecular formula is C13H17NO3. The van der Waals surface area contributed by atoms with Crippen molar-refractivity contribution in [3.05, 3.63) is 22.8 Å². The number of hydrogen-bond acceptors (Lipinski definition) is 3. The molecule has 0 atom stereocenters. The first-order valence-corrected chi connectivity index (χ1v) is 5.70. The third-order valence-electron chi connectivity index (χ3n) is 2.82. The molecule has 0 radical (unpaired) electrons. The van der Waals surface area contributed by atoms with E-state index in [2.05, 4.69) is 5.32 Å². The first-order valence-electron chi connectivity index (χ1n) is 5.70. The van der Waals surface area contributed by atoms with Gasteiger partial charge in [-0.3, -0.25) is 4.79 Å². The Hall–Kier alpha value is -1.71. The van der Waals surface area contributed by atoms with Crippen LogP contribution >= 0.6 is 0 Å². The number of ether oxygens (including phenoxy) is 2. The Morgan fingerprint density at radius 3 is 2.71 bits per heavy atom. The van der Waals surface area contributed by atoms with Crippen molar-refractivity contribution in [2.45, 2.75) is 33.4 Å². The number of carbonyl (C=O) groups is 1. The Morgan fingerprint density at radius 2 is 2.12 bits per heavy atom. The number of fused-ring (bicyclic) bond motifs is 1. The molecule has 0 saturated carbocycles. The van der Waals surface area contributed by atoms with Crippen LogP contribution in [0.2, 0.25) is 0 Å². The summed E-state index contributed by atoms with van der Waals surface area (Å²) in [6.07, 6.45) is 0.0703. The summed E-state index contributed by atoms with van der Waals surface area (Å²) >= 11 is 0. The van der Waals surface area contributed by atoms with Gasteiger partial charge < -0.3 is 14.8 Å². The van der Waals surface area contributed by atoms with Gasteiger partial charge in [0.05, 0.1) is 18.8 Å². The van der Waals surface area contributed by atoms with E-state index >= 15 is 0 Å². The van der Waals surface area contributed by atoms with Gasteiger partial charge in [0.25, 0.3) is 5.91 Å². The molecule has 1 heterocycles. The van der Waals surface area contributed by atoms with E-state index in [1.165, 1.54) is 0 Å². The molecule has 0 unspecified atom stereocenters. The van der Waals surface area contributed by atoms with Crippen molar-refractivity contribution < 1.29 is 14.3 Å². The fourth-order valence-electron chi connectivity index (χ4n) is 2.08. The molecule has 0 fully saturated rings. The highest BCUT2D eigenvalue weighted by atomic mass is 16.5. The molecular weight excluding hydrogens is 218 g/mol. The predicted octanol–water partition coefficient (Wildman–Crippen LogP) is 2.03. The van der Waals surface area contributed by atoms with Gasteiger partial charge in [0, 0.05) is 17.7 Å². The molecule has 92 valence electrons. The van der Waals surface area contributed by atoms with Gasteiger partial charge in [-0.15, -0.1) is 0 Å². The highest BCUT2D eigenvalue weighted by molar-refractivity contribution is 5.99. The Bertz CT molecular complexity index is 466. The van der Waals surface area contributed by atoms with E-state index in [-0.39, 0.29) is 12.0 Å². The van der Waals surface area contributed by atoms with Gasteiger partial charge in [-0.25, -0.2) is 0 Å². The highest BCUT2D eigenvalue weighted by Gasteiger charge is 2.26. The normalized spacial score (nSPS) is 13.6. The van der Waals surface area contributed by atoms with E-state index in [1.54, 1.807) is 13.2 Å². The van der Waals surface area contributed by atoms with Crippen LogP contribution in [0, 0.1) is 6.92 Å². The first-order chi connectivity index (χ1) is 8.04. The van der Waals surface area contributed by atoms with Crippen molar-refractivity contribution in [1.29, 1.82) is 0 Å². The van der Waals surface area contributed by atoms with Gasteiger partial charge in [-0.1, -0.05) is 0 Å². The molecule has 1 N–H and O–H groups in total. The number of carbonyl (C=O) groups excluding carboxylic acids is 1. The zero-order valence-corrected chi connectivity index (χ0v) is 10.6. The third kappa shape index (κ3) is 1.95. The van der Waals surface area contributed by atoms with E-state index in [9.17, 15) is 4.79 Å². The van der Waals surface area contributed by atoms with Crippen LogP contribution < -0.4 is 14.8 Å². The predicted molar refractivity (Wildman–Crippen MR) is 64.7 cm³/mol. The summed E-state index contributed by atoms with van der Waals surface area (Å²) in [7, 11) is 1.62. The molecule has 0 aromatic heterocycles. The first kappa shape index (κ1) is 11.8. The van der Waals surface area contributed by atoms with Crippen LogP contribution in [0.25, 0.3) is 0 Å². The van der Waals surface area contributed by atoms with Gasteiger partial charge in [0.2, 0.25) is 0 Å². The number of methoxy groups -OCH3 is 1. The molecule has 1 aliphatic rings. The summed E-state index contributed by atoms with van der Waals surface area (Å²) in [5.74, 6) is 1.40. The van der Waals surface area contributed by atoms with Crippen molar-refractivity contribution >= 4 is 5.91 Å². The minimum atomic E-state index is -0.0630. The van der Waals surface area contributed by atoms with Crippen molar-refractivity contribution in [3.63, 3.8) is 0 Å². The number of rotatable bonds is 3. The average molecular weight is 235 g/mol. The second-order valence-electron chi connectivity index (χ2n) is 4.41. The van der Waals surface area contributed by atoms with Gasteiger partial charge in [-0.2, -0.15) is 0 Å². The zero-order chi connectivity index (χ0) is 12.6. The summed E-state index contributed by atoms with van der Waals surface area (Å²) in [4.78, 5) is 11.7. The lowest BCUT2D eigenvalue weighted by molar-refractivity contribution is 0.0965. The largest absolute Gasteiger partial charge is 0.496 e. The molecule has 2 rings (SSSR count). The maximum Gasteiger partial charge on any atom is 0.252 e. The fraction of sp³-hybridized carbons (Fsp3) is 0.462. The summed E-state index contributed by atoms with van der Waals surface area (Å²) in [6, 6.07) is 1.80. The molecule has 0 bridgehead atoms. The van der Waals surface area contributed by atoms with Gasteiger partial charge in [-0.05, 0) is 26.8 Å². The average Bonchev–Trinajstić information content (AvgIpc) is 2.61. The van der Waals surface area contributed by atoms with Crippen LogP contribution in [0.5, 0.6) is 11.5 Å². The molecule has 1 aromatic rings. The molecule has 4 heteroatoms. The molecule has 17 heavy (non-hydrogen) atoms. The number of benzene rings is 1. The molecule has 0 spiro atoms. The van der Waals surface area contributed by atoms with Crippen LogP contribution in [-0.2, 0) is 6.54 Å². The number of nitrogens with one attached hydrogen (secondary N) is 1. The van der Waals surface area contributed by atoms with Crippen LogP contribution in [-0.4, -0.2) is 19.1 Å². The van der Waals surface area contributed by atoms with E-state index in [0.717, 1.165) is 16.9 Å². The van der Waals surface area contributed by atoms with Crippen LogP contribution in [0.1, 0.15) is 35.3 Å². The van der Waals surface area contributed by atoms with E-state index in [1.807, 2.05) is 20.8 Å². The summed E-state index contributed by atoms with van der Waals surface area (Å²) in [5, 5.41) is 2.79. The lowest BCUT2D eigenvalue weighted by Crippen LogP contribution is -2.12. The van der Waals surface area contributed by atoms with Crippen LogP contribution in [0.15, 0.2) is 6.07 Å². The lowest BCUT2D eigenvalue weighted by Gasteiger charge is -2.17. The van der Waals surface area contributed by atoms with Crippen LogP contribution in [0.4, 0.5) is 0 Å². The van der Waals surface area contributed by atoms with Gasteiger partial charge in [0.15, 0.2) is 0 Å². The van der Waals surface area contributed by atoms with E-state index in [4.69, 9.17) is 9.47 Å². The number of hydrogen-bond donors (Lipinski definition) is 1. The molecule has 4 nitrogen and oxygen atoms in total. The maximum atomic E-state index is 11.7. The van der Waals surface area contributed by atoms with Crippen molar-refractivity contribution in [2.75, 3.05) is 7.11 Å². The Labute approximate surface area is 101 Å². The summed E-state index contributed by atoms with van der Waals surface area (Å²) in [5.41, 5.74) is 2.52. The second kappa shape index (κ2) is 4.28. The number of amides is 1. The Morgan fingerprint density at radius 1 is 1.41 bits per heavy atom. The van der Waals surface area contributed by atoms with E-state index < -0.39 is 0 Å². The van der Waals surface area contributed by atoms with Crippen molar-refractivity contribution in [2.24, 2.45) is 0 Å². The standard InChI is InChI=1S/C13H17NO3/c1-7(2)17-11-5-9-10(6-14-13(9)15)12(16-4)8(11)3/h5,7H,6H2,1-4H3,(H,14,15). The Kier molecular flexibility index (Phi) is 2.96. The second-order valence-corrected chi connectivity index (χ2v) is 4.41. The van der Waals surface area contributed by atoms with Gasteiger partial charge >= 0.3 is 0 Å². The Balaban J connectivity index is 2.56. The van der Waals surface area contributed by atoms with E-state index in [0.29, 0.717) is 17.9 Å². The quantitative estimate of drug-likeness (QED) is 0.872. The molecule has 1 aromatic carbocycles. The summed E-state index contributed by atoms with van der Waals surface area (Å²) < 4.78 is 11.1.